The third-order valence-corrected chi connectivity index (χ3v) is 2.71. The van der Waals surface area contributed by atoms with Gasteiger partial charge in [0.25, 0.3) is 0 Å². The quantitative estimate of drug-likeness (QED) is 0.794. The van der Waals surface area contributed by atoms with E-state index in [4.69, 9.17) is 11.6 Å². The molecule has 0 aliphatic carbocycles. The summed E-state index contributed by atoms with van der Waals surface area (Å²) in [6, 6.07) is 7.82. The third kappa shape index (κ3) is 2.26. The number of rotatable bonds is 2. The Morgan fingerprint density at radius 1 is 1.50 bits per heavy atom. The van der Waals surface area contributed by atoms with Gasteiger partial charge in [0.1, 0.15) is 0 Å². The van der Waals surface area contributed by atoms with E-state index < -0.39 is 0 Å². The van der Waals surface area contributed by atoms with Crippen molar-refractivity contribution in [2.24, 2.45) is 5.92 Å². The van der Waals surface area contributed by atoms with Crippen LogP contribution in [0.2, 0.25) is 5.02 Å². The maximum atomic E-state index is 11.0. The molecule has 0 spiro atoms. The summed E-state index contributed by atoms with van der Waals surface area (Å²) in [5, 5.41) is 3.60. The lowest BCUT2D eigenvalue weighted by molar-refractivity contribution is -0.119. The zero-order valence-corrected chi connectivity index (χ0v) is 8.55. The van der Waals surface area contributed by atoms with Crippen LogP contribution in [0.15, 0.2) is 24.3 Å². The number of hydrogen-bond donors (Lipinski definition) is 1. The molecule has 1 aromatic carbocycles. The van der Waals surface area contributed by atoms with Crippen LogP contribution in [0, 0.1) is 5.92 Å². The van der Waals surface area contributed by atoms with Crippen molar-refractivity contribution in [3.8, 4) is 0 Å². The first-order valence-electron chi connectivity index (χ1n) is 4.75. The second-order valence-corrected chi connectivity index (χ2v) is 4.14. The number of carbonyl (C=O) groups is 1. The molecular formula is C11H12ClNO. The highest BCUT2D eigenvalue weighted by molar-refractivity contribution is 6.30. The monoisotopic (exact) mass is 209 g/mol. The van der Waals surface area contributed by atoms with Gasteiger partial charge in [-0.3, -0.25) is 4.79 Å². The van der Waals surface area contributed by atoms with E-state index in [-0.39, 0.29) is 5.91 Å². The average Bonchev–Trinajstić information content (AvgIpc) is 2.51. The molecule has 1 fully saturated rings. The topological polar surface area (TPSA) is 29.1 Å². The van der Waals surface area contributed by atoms with Crippen LogP contribution in [0.1, 0.15) is 12.0 Å². The molecule has 1 aliphatic rings. The molecule has 1 N–H and O–H groups in total. The summed E-state index contributed by atoms with van der Waals surface area (Å²) in [5.74, 6) is 0.595. The molecule has 14 heavy (non-hydrogen) atoms. The normalized spacial score (nSPS) is 20.9. The van der Waals surface area contributed by atoms with Crippen LogP contribution in [0.4, 0.5) is 0 Å². The Morgan fingerprint density at radius 2 is 2.36 bits per heavy atom. The molecule has 0 aromatic heterocycles. The number of halogens is 1. The van der Waals surface area contributed by atoms with E-state index in [2.05, 4.69) is 11.4 Å². The summed E-state index contributed by atoms with van der Waals surface area (Å²) in [6.07, 6.45) is 1.58. The van der Waals surface area contributed by atoms with Crippen molar-refractivity contribution in [2.75, 3.05) is 6.54 Å². The van der Waals surface area contributed by atoms with Gasteiger partial charge >= 0.3 is 0 Å². The number of nitrogens with one attached hydrogen (secondary N) is 1. The van der Waals surface area contributed by atoms with Gasteiger partial charge in [0, 0.05) is 18.0 Å². The van der Waals surface area contributed by atoms with Crippen LogP contribution in [-0.4, -0.2) is 12.5 Å². The number of amides is 1. The fourth-order valence-corrected chi connectivity index (χ4v) is 2.02. The van der Waals surface area contributed by atoms with Crippen molar-refractivity contribution < 1.29 is 4.79 Å². The van der Waals surface area contributed by atoms with E-state index in [1.165, 1.54) is 5.56 Å². The molecule has 1 unspecified atom stereocenters. The van der Waals surface area contributed by atoms with Crippen molar-refractivity contribution >= 4 is 17.5 Å². The molecule has 2 rings (SSSR count). The summed E-state index contributed by atoms with van der Waals surface area (Å²) < 4.78 is 0. The highest BCUT2D eigenvalue weighted by Gasteiger charge is 2.21. The smallest absolute Gasteiger partial charge is 0.220 e. The molecule has 0 radical (unpaired) electrons. The van der Waals surface area contributed by atoms with Gasteiger partial charge in [-0.05, 0) is 30.0 Å². The van der Waals surface area contributed by atoms with E-state index in [0.29, 0.717) is 12.3 Å². The molecule has 1 aliphatic heterocycles. The first-order valence-corrected chi connectivity index (χ1v) is 5.13. The molecule has 1 amide bonds. The van der Waals surface area contributed by atoms with Crippen molar-refractivity contribution in [3.05, 3.63) is 34.9 Å². The molecule has 1 aromatic rings. The predicted molar refractivity (Wildman–Crippen MR) is 56.3 cm³/mol. The van der Waals surface area contributed by atoms with Crippen LogP contribution < -0.4 is 5.32 Å². The van der Waals surface area contributed by atoms with E-state index >= 15 is 0 Å². The lowest BCUT2D eigenvalue weighted by Crippen LogP contribution is -2.14. The maximum Gasteiger partial charge on any atom is 0.220 e. The first kappa shape index (κ1) is 9.53. The lowest BCUT2D eigenvalue weighted by atomic mass is 9.99. The Bertz CT molecular complexity index is 351. The zero-order valence-electron chi connectivity index (χ0n) is 7.79. The molecule has 74 valence electrons. The van der Waals surface area contributed by atoms with Crippen molar-refractivity contribution in [1.29, 1.82) is 0 Å². The summed E-state index contributed by atoms with van der Waals surface area (Å²) in [7, 11) is 0. The van der Waals surface area contributed by atoms with Gasteiger partial charge in [0.15, 0.2) is 0 Å². The summed E-state index contributed by atoms with van der Waals surface area (Å²) >= 11 is 5.88. The number of benzene rings is 1. The molecule has 0 bridgehead atoms. The fraction of sp³-hybridized carbons (Fsp3) is 0.364. The SMILES string of the molecule is O=C1CC(Cc2cccc(Cl)c2)CN1. The van der Waals surface area contributed by atoms with Gasteiger partial charge in [-0.1, -0.05) is 23.7 Å². The highest BCUT2D eigenvalue weighted by atomic mass is 35.5. The largest absolute Gasteiger partial charge is 0.356 e. The second kappa shape index (κ2) is 4.01. The maximum absolute atomic E-state index is 11.0. The fourth-order valence-electron chi connectivity index (χ4n) is 1.81. The minimum atomic E-state index is 0.164. The van der Waals surface area contributed by atoms with Crippen molar-refractivity contribution in [1.82, 2.24) is 5.32 Å². The summed E-state index contributed by atoms with van der Waals surface area (Å²) in [4.78, 5) is 11.0. The number of hydrogen-bond acceptors (Lipinski definition) is 1. The number of carbonyl (C=O) groups excluding carboxylic acids is 1. The van der Waals surface area contributed by atoms with E-state index in [1.54, 1.807) is 0 Å². The Morgan fingerprint density at radius 3 is 3.00 bits per heavy atom. The zero-order chi connectivity index (χ0) is 9.97. The summed E-state index contributed by atoms with van der Waals surface area (Å²) in [6.45, 7) is 0.797. The molecule has 1 heterocycles. The Kier molecular flexibility index (Phi) is 2.73. The van der Waals surface area contributed by atoms with E-state index in [0.717, 1.165) is 18.0 Å². The van der Waals surface area contributed by atoms with Crippen LogP contribution in [0.25, 0.3) is 0 Å². The van der Waals surface area contributed by atoms with E-state index in [9.17, 15) is 4.79 Å². The molecule has 1 atom stereocenters. The first-order chi connectivity index (χ1) is 6.74. The van der Waals surface area contributed by atoms with Crippen LogP contribution in [0.5, 0.6) is 0 Å². The standard InChI is InChI=1S/C11H12ClNO/c12-10-3-1-2-8(5-10)4-9-6-11(14)13-7-9/h1-3,5,9H,4,6-7H2,(H,13,14). The predicted octanol–water partition coefficient (Wildman–Crippen LogP) is 2.02. The van der Waals surface area contributed by atoms with Crippen molar-refractivity contribution in [3.63, 3.8) is 0 Å². The van der Waals surface area contributed by atoms with Gasteiger partial charge in [0.2, 0.25) is 5.91 Å². The highest BCUT2D eigenvalue weighted by Crippen LogP contribution is 2.18. The Balaban J connectivity index is 2.00. The van der Waals surface area contributed by atoms with Gasteiger partial charge in [-0.15, -0.1) is 0 Å². The lowest BCUT2D eigenvalue weighted by Gasteiger charge is -2.06. The van der Waals surface area contributed by atoms with Gasteiger partial charge < -0.3 is 5.32 Å². The Labute approximate surface area is 88.3 Å². The molecule has 2 nitrogen and oxygen atoms in total. The van der Waals surface area contributed by atoms with Crippen molar-refractivity contribution in [2.45, 2.75) is 12.8 Å². The molecular weight excluding hydrogens is 198 g/mol. The van der Waals surface area contributed by atoms with E-state index in [1.807, 2.05) is 18.2 Å². The van der Waals surface area contributed by atoms with Crippen LogP contribution in [0.3, 0.4) is 0 Å². The second-order valence-electron chi connectivity index (χ2n) is 3.71. The van der Waals surface area contributed by atoms with Gasteiger partial charge in [-0.25, -0.2) is 0 Å². The minimum absolute atomic E-state index is 0.164. The van der Waals surface area contributed by atoms with Gasteiger partial charge in [0.05, 0.1) is 0 Å². The molecule has 0 saturated carbocycles. The molecule has 3 heteroatoms. The average molecular weight is 210 g/mol. The van der Waals surface area contributed by atoms with Gasteiger partial charge in [-0.2, -0.15) is 0 Å². The van der Waals surface area contributed by atoms with Crippen LogP contribution >= 0.6 is 11.6 Å². The summed E-state index contributed by atoms with van der Waals surface area (Å²) in [5.41, 5.74) is 1.21. The Hall–Kier alpha value is -1.02. The van der Waals surface area contributed by atoms with Crippen LogP contribution in [-0.2, 0) is 11.2 Å². The minimum Gasteiger partial charge on any atom is -0.356 e. The third-order valence-electron chi connectivity index (χ3n) is 2.48. The molecule has 1 saturated heterocycles.